The average Bonchev–Trinajstić information content (AvgIpc) is 2.68. The van der Waals surface area contributed by atoms with Crippen LogP contribution in [0.3, 0.4) is 0 Å². The number of pyridine rings is 1. The van der Waals surface area contributed by atoms with Crippen LogP contribution in [0.1, 0.15) is 5.69 Å². The second kappa shape index (κ2) is 9.07. The van der Waals surface area contributed by atoms with E-state index in [4.69, 9.17) is 0 Å². The van der Waals surface area contributed by atoms with Crippen molar-refractivity contribution in [1.29, 1.82) is 0 Å². The molecule has 0 spiro atoms. The minimum atomic E-state index is -4.55. The van der Waals surface area contributed by atoms with E-state index in [2.05, 4.69) is 20.3 Å². The van der Waals surface area contributed by atoms with Gasteiger partial charge in [0.1, 0.15) is 5.69 Å². The summed E-state index contributed by atoms with van der Waals surface area (Å²) in [6.45, 7) is 0. The van der Waals surface area contributed by atoms with Crippen LogP contribution < -0.4 is 5.32 Å². The van der Waals surface area contributed by atoms with Crippen LogP contribution >= 0.6 is 23.5 Å². The number of anilines is 1. The summed E-state index contributed by atoms with van der Waals surface area (Å²) in [6.07, 6.45) is -1.85. The first-order chi connectivity index (χ1) is 13.4. The molecule has 1 amide bonds. The molecule has 3 aromatic rings. The second-order valence-electron chi connectivity index (χ2n) is 5.33. The second-order valence-corrected chi connectivity index (χ2v) is 7.33. The van der Waals surface area contributed by atoms with E-state index in [-0.39, 0.29) is 16.8 Å². The number of hydrogen-bond donors (Lipinski definition) is 1. The monoisotopic (exact) mass is 422 g/mol. The van der Waals surface area contributed by atoms with Crippen LogP contribution in [0.2, 0.25) is 0 Å². The Balaban J connectivity index is 1.68. The molecule has 0 saturated heterocycles. The third kappa shape index (κ3) is 5.70. The molecule has 1 N–H and O–H groups in total. The SMILES string of the molecule is O=C(CSc1ccccn1)Nc1ccccc1Sc1nccc(C(F)(F)F)n1. The Kier molecular flexibility index (Phi) is 6.53. The number of carbonyl (C=O) groups is 1. The number of para-hydroxylation sites is 1. The van der Waals surface area contributed by atoms with Crippen LogP contribution in [-0.2, 0) is 11.0 Å². The highest BCUT2D eigenvalue weighted by Crippen LogP contribution is 2.33. The fourth-order valence-corrected chi connectivity index (χ4v) is 3.55. The van der Waals surface area contributed by atoms with Gasteiger partial charge >= 0.3 is 6.18 Å². The number of nitrogens with zero attached hydrogens (tertiary/aromatic N) is 3. The summed E-state index contributed by atoms with van der Waals surface area (Å²) in [5.74, 6) is -0.107. The van der Waals surface area contributed by atoms with Gasteiger partial charge in [-0.15, -0.1) is 0 Å². The van der Waals surface area contributed by atoms with Crippen molar-refractivity contribution in [2.75, 3.05) is 11.1 Å². The summed E-state index contributed by atoms with van der Waals surface area (Å²) in [6, 6.07) is 13.0. The first kappa shape index (κ1) is 20.2. The van der Waals surface area contributed by atoms with Gasteiger partial charge in [-0.2, -0.15) is 13.2 Å². The number of amides is 1. The van der Waals surface area contributed by atoms with Gasteiger partial charge in [0.05, 0.1) is 16.5 Å². The van der Waals surface area contributed by atoms with Gasteiger partial charge in [-0.3, -0.25) is 4.79 Å². The van der Waals surface area contributed by atoms with Crippen molar-refractivity contribution in [3.8, 4) is 0 Å². The standard InChI is InChI=1S/C18H13F3N4OS2/c19-18(20,21)14-8-10-23-17(25-14)28-13-6-2-1-5-12(13)24-15(26)11-27-16-7-3-4-9-22-16/h1-10H,11H2,(H,24,26). The van der Waals surface area contributed by atoms with Gasteiger partial charge in [0.25, 0.3) is 0 Å². The quantitative estimate of drug-likeness (QED) is 0.456. The largest absolute Gasteiger partial charge is 0.433 e. The fraction of sp³-hybridized carbons (Fsp3) is 0.111. The maximum Gasteiger partial charge on any atom is 0.433 e. The van der Waals surface area contributed by atoms with E-state index in [1.807, 2.05) is 6.07 Å². The van der Waals surface area contributed by atoms with Crippen molar-refractivity contribution >= 4 is 35.1 Å². The van der Waals surface area contributed by atoms with Gasteiger partial charge in [0, 0.05) is 17.3 Å². The van der Waals surface area contributed by atoms with E-state index < -0.39 is 11.9 Å². The molecule has 0 atom stereocenters. The Hall–Kier alpha value is -2.59. The number of aromatic nitrogens is 3. The van der Waals surface area contributed by atoms with E-state index >= 15 is 0 Å². The van der Waals surface area contributed by atoms with Crippen molar-refractivity contribution in [2.24, 2.45) is 0 Å². The summed E-state index contributed by atoms with van der Waals surface area (Å²) < 4.78 is 38.5. The molecule has 1 aromatic carbocycles. The highest BCUT2D eigenvalue weighted by Gasteiger charge is 2.32. The zero-order valence-corrected chi connectivity index (χ0v) is 15.8. The molecule has 28 heavy (non-hydrogen) atoms. The summed E-state index contributed by atoms with van der Waals surface area (Å²) in [5.41, 5.74) is -0.543. The van der Waals surface area contributed by atoms with Gasteiger partial charge in [0.2, 0.25) is 5.91 Å². The number of thioether (sulfide) groups is 1. The molecule has 0 aliphatic heterocycles. The maximum absolute atomic E-state index is 12.8. The van der Waals surface area contributed by atoms with E-state index in [0.29, 0.717) is 10.6 Å². The molecule has 2 heterocycles. The maximum atomic E-state index is 12.8. The third-order valence-corrected chi connectivity index (χ3v) is 5.17. The number of carbonyl (C=O) groups excluding carboxylic acids is 1. The number of alkyl halides is 3. The Morgan fingerprint density at radius 3 is 2.54 bits per heavy atom. The Labute approximate surface area is 167 Å². The molecule has 0 fully saturated rings. The average molecular weight is 422 g/mol. The van der Waals surface area contributed by atoms with Crippen LogP contribution in [0.25, 0.3) is 0 Å². The third-order valence-electron chi connectivity index (χ3n) is 3.28. The van der Waals surface area contributed by atoms with Crippen molar-refractivity contribution in [2.45, 2.75) is 21.3 Å². The number of benzene rings is 1. The molecule has 5 nitrogen and oxygen atoms in total. The highest BCUT2D eigenvalue weighted by atomic mass is 32.2. The van der Waals surface area contributed by atoms with Crippen LogP contribution in [-0.4, -0.2) is 26.6 Å². The van der Waals surface area contributed by atoms with Crippen molar-refractivity contribution in [3.63, 3.8) is 0 Å². The molecule has 2 aromatic heterocycles. The molecule has 0 unspecified atom stereocenters. The lowest BCUT2D eigenvalue weighted by molar-refractivity contribution is -0.141. The number of hydrogen-bond acceptors (Lipinski definition) is 6. The minimum absolute atomic E-state index is 0.0561. The van der Waals surface area contributed by atoms with Crippen LogP contribution in [0.5, 0.6) is 0 Å². The lowest BCUT2D eigenvalue weighted by Gasteiger charge is -2.11. The normalized spacial score (nSPS) is 11.2. The van der Waals surface area contributed by atoms with E-state index in [1.54, 1.807) is 42.6 Å². The predicted molar refractivity (Wildman–Crippen MR) is 101 cm³/mol. The van der Waals surface area contributed by atoms with Gasteiger partial charge in [-0.25, -0.2) is 15.0 Å². The molecule has 0 aliphatic rings. The Morgan fingerprint density at radius 2 is 1.79 bits per heavy atom. The molecule has 144 valence electrons. The first-order valence-corrected chi connectivity index (χ1v) is 9.73. The van der Waals surface area contributed by atoms with Gasteiger partial charge in [-0.1, -0.05) is 30.0 Å². The summed E-state index contributed by atoms with van der Waals surface area (Å²) in [7, 11) is 0. The molecule has 0 saturated carbocycles. The van der Waals surface area contributed by atoms with Gasteiger partial charge < -0.3 is 5.32 Å². The molecular weight excluding hydrogens is 409 g/mol. The van der Waals surface area contributed by atoms with Gasteiger partial charge in [0.15, 0.2) is 5.16 Å². The van der Waals surface area contributed by atoms with E-state index in [0.717, 1.165) is 29.1 Å². The summed E-state index contributed by atoms with van der Waals surface area (Å²) in [5, 5.41) is 3.42. The van der Waals surface area contributed by atoms with Crippen LogP contribution in [0.15, 0.2) is 76.0 Å². The fourth-order valence-electron chi connectivity index (χ4n) is 2.06. The summed E-state index contributed by atoms with van der Waals surface area (Å²) in [4.78, 5) is 24.3. The smallest absolute Gasteiger partial charge is 0.324 e. The van der Waals surface area contributed by atoms with E-state index in [1.165, 1.54) is 11.8 Å². The van der Waals surface area contributed by atoms with Crippen molar-refractivity contribution in [3.05, 3.63) is 66.6 Å². The summed E-state index contributed by atoms with van der Waals surface area (Å²) >= 11 is 2.23. The number of halogens is 3. The molecule has 0 bridgehead atoms. The predicted octanol–water partition coefficient (Wildman–Crippen LogP) is 4.77. The zero-order valence-electron chi connectivity index (χ0n) is 14.2. The van der Waals surface area contributed by atoms with Crippen molar-refractivity contribution in [1.82, 2.24) is 15.0 Å². The molecule has 0 aliphatic carbocycles. The number of nitrogens with one attached hydrogen (secondary N) is 1. The Bertz CT molecular complexity index is 955. The van der Waals surface area contributed by atoms with E-state index in [9.17, 15) is 18.0 Å². The molecule has 10 heteroatoms. The van der Waals surface area contributed by atoms with Crippen molar-refractivity contribution < 1.29 is 18.0 Å². The number of rotatable bonds is 6. The molecule has 3 rings (SSSR count). The topological polar surface area (TPSA) is 67.8 Å². The highest BCUT2D eigenvalue weighted by molar-refractivity contribution is 8.00. The first-order valence-electron chi connectivity index (χ1n) is 7.92. The Morgan fingerprint density at radius 1 is 1.00 bits per heavy atom. The molecular formula is C18H13F3N4OS2. The van der Waals surface area contributed by atoms with Crippen LogP contribution in [0, 0.1) is 0 Å². The van der Waals surface area contributed by atoms with Crippen LogP contribution in [0.4, 0.5) is 18.9 Å². The lowest BCUT2D eigenvalue weighted by atomic mass is 10.3. The lowest BCUT2D eigenvalue weighted by Crippen LogP contribution is -2.14. The minimum Gasteiger partial charge on any atom is -0.324 e. The molecule has 0 radical (unpaired) electrons. The van der Waals surface area contributed by atoms with Gasteiger partial charge in [-0.05, 0) is 42.1 Å². The zero-order chi connectivity index (χ0) is 20.0.